The van der Waals surface area contributed by atoms with Gasteiger partial charge in [0.2, 0.25) is 5.91 Å². The largest absolute Gasteiger partial charge is 0.496 e. The van der Waals surface area contributed by atoms with Gasteiger partial charge in [-0.2, -0.15) is 0 Å². The molecule has 0 unspecified atom stereocenters. The van der Waals surface area contributed by atoms with Crippen molar-refractivity contribution in [2.24, 2.45) is 5.92 Å². The number of nitrogen functional groups attached to an aromatic ring is 1. The first-order valence-electron chi connectivity index (χ1n) is 12.1. The van der Waals surface area contributed by atoms with Crippen molar-refractivity contribution in [3.05, 3.63) is 83.4 Å². The van der Waals surface area contributed by atoms with Crippen molar-refractivity contribution < 1.29 is 14.3 Å². The van der Waals surface area contributed by atoms with Crippen molar-refractivity contribution in [1.29, 1.82) is 0 Å². The standard InChI is InChI=1S/C29H35N3O3/c1-21-17-27(34-2)26(28(18-21)35-3)20-32(19-22-7-5-4-6-8-22)29(33)23-13-15-31(16-14-23)25-11-9-24(30)10-12-25/h4-12,17-18,23H,13-16,19-20,30H2,1-3H3. The van der Waals surface area contributed by atoms with E-state index in [1.165, 1.54) is 0 Å². The molecule has 4 rings (SSSR count). The van der Waals surface area contributed by atoms with Gasteiger partial charge in [-0.1, -0.05) is 30.3 Å². The van der Waals surface area contributed by atoms with Gasteiger partial charge in [-0.05, 0) is 67.3 Å². The molecule has 1 fully saturated rings. The van der Waals surface area contributed by atoms with Crippen LogP contribution in [0.5, 0.6) is 11.5 Å². The smallest absolute Gasteiger partial charge is 0.226 e. The van der Waals surface area contributed by atoms with Gasteiger partial charge < -0.3 is 25.0 Å². The van der Waals surface area contributed by atoms with E-state index in [0.717, 1.165) is 65.5 Å². The number of amides is 1. The maximum Gasteiger partial charge on any atom is 0.226 e. The molecular weight excluding hydrogens is 438 g/mol. The summed E-state index contributed by atoms with van der Waals surface area (Å²) >= 11 is 0. The number of methoxy groups -OCH3 is 2. The molecule has 1 saturated heterocycles. The molecule has 6 nitrogen and oxygen atoms in total. The number of carbonyl (C=O) groups is 1. The van der Waals surface area contributed by atoms with Crippen LogP contribution >= 0.6 is 0 Å². The third-order valence-electron chi connectivity index (χ3n) is 6.73. The second-order valence-corrected chi connectivity index (χ2v) is 9.18. The summed E-state index contributed by atoms with van der Waals surface area (Å²) in [5, 5.41) is 0. The van der Waals surface area contributed by atoms with Crippen molar-refractivity contribution in [3.63, 3.8) is 0 Å². The van der Waals surface area contributed by atoms with E-state index in [9.17, 15) is 4.79 Å². The average Bonchev–Trinajstić information content (AvgIpc) is 2.89. The van der Waals surface area contributed by atoms with Gasteiger partial charge >= 0.3 is 0 Å². The predicted molar refractivity (Wildman–Crippen MR) is 141 cm³/mol. The number of benzene rings is 3. The number of carbonyl (C=O) groups excluding carboxylic acids is 1. The molecule has 0 aliphatic carbocycles. The number of anilines is 2. The first-order chi connectivity index (χ1) is 17.0. The van der Waals surface area contributed by atoms with Gasteiger partial charge in [0.15, 0.2) is 0 Å². The zero-order valence-corrected chi connectivity index (χ0v) is 20.9. The van der Waals surface area contributed by atoms with E-state index in [4.69, 9.17) is 15.2 Å². The number of nitrogens with two attached hydrogens (primary N) is 1. The van der Waals surface area contributed by atoms with Crippen LogP contribution in [0.25, 0.3) is 0 Å². The summed E-state index contributed by atoms with van der Waals surface area (Å²) in [6.45, 7) is 4.67. The fraction of sp³-hybridized carbons (Fsp3) is 0.345. The lowest BCUT2D eigenvalue weighted by Crippen LogP contribution is -2.42. The normalized spacial score (nSPS) is 14.0. The monoisotopic (exact) mass is 473 g/mol. The molecule has 3 aromatic carbocycles. The summed E-state index contributed by atoms with van der Waals surface area (Å²) in [6, 6.07) is 22.1. The number of ether oxygens (including phenoxy) is 2. The van der Waals surface area contributed by atoms with Crippen LogP contribution in [0.15, 0.2) is 66.7 Å². The molecule has 0 spiro atoms. The Hall–Kier alpha value is -3.67. The van der Waals surface area contributed by atoms with E-state index in [2.05, 4.69) is 29.2 Å². The highest BCUT2D eigenvalue weighted by Gasteiger charge is 2.30. The number of aryl methyl sites for hydroxylation is 1. The SMILES string of the molecule is COc1cc(C)cc(OC)c1CN(Cc1ccccc1)C(=O)C1CCN(c2ccc(N)cc2)CC1. The van der Waals surface area contributed by atoms with E-state index in [1.54, 1.807) is 14.2 Å². The Balaban J connectivity index is 1.54. The van der Waals surface area contributed by atoms with E-state index < -0.39 is 0 Å². The van der Waals surface area contributed by atoms with Gasteiger partial charge in [-0.25, -0.2) is 0 Å². The molecule has 1 heterocycles. The summed E-state index contributed by atoms with van der Waals surface area (Å²) in [5.41, 5.74) is 10.8. The van der Waals surface area contributed by atoms with Crippen LogP contribution in [-0.2, 0) is 17.9 Å². The van der Waals surface area contributed by atoms with Crippen molar-refractivity contribution in [3.8, 4) is 11.5 Å². The van der Waals surface area contributed by atoms with E-state index in [1.807, 2.05) is 54.3 Å². The second kappa shape index (κ2) is 11.2. The van der Waals surface area contributed by atoms with Crippen molar-refractivity contribution in [2.75, 3.05) is 37.9 Å². The van der Waals surface area contributed by atoms with Crippen LogP contribution in [0, 0.1) is 12.8 Å². The fourth-order valence-corrected chi connectivity index (χ4v) is 4.81. The van der Waals surface area contributed by atoms with Gasteiger partial charge in [-0.15, -0.1) is 0 Å². The maximum absolute atomic E-state index is 13.9. The molecule has 1 aliphatic heterocycles. The molecule has 184 valence electrons. The number of rotatable bonds is 8. The highest BCUT2D eigenvalue weighted by atomic mass is 16.5. The summed E-state index contributed by atoms with van der Waals surface area (Å²) in [6.07, 6.45) is 1.63. The van der Waals surface area contributed by atoms with E-state index in [0.29, 0.717) is 13.1 Å². The number of hydrogen-bond acceptors (Lipinski definition) is 5. The molecule has 3 aromatic rings. The molecule has 0 bridgehead atoms. The fourth-order valence-electron chi connectivity index (χ4n) is 4.81. The Kier molecular flexibility index (Phi) is 7.80. The lowest BCUT2D eigenvalue weighted by Gasteiger charge is -2.36. The molecule has 0 saturated carbocycles. The van der Waals surface area contributed by atoms with Gasteiger partial charge in [0.05, 0.1) is 26.3 Å². The van der Waals surface area contributed by atoms with E-state index >= 15 is 0 Å². The highest BCUT2D eigenvalue weighted by molar-refractivity contribution is 5.79. The Bertz CT molecular complexity index is 1100. The number of piperidine rings is 1. The second-order valence-electron chi connectivity index (χ2n) is 9.18. The third-order valence-corrected chi connectivity index (χ3v) is 6.73. The zero-order chi connectivity index (χ0) is 24.8. The molecule has 0 radical (unpaired) electrons. The minimum absolute atomic E-state index is 0.0221. The van der Waals surface area contributed by atoms with Crippen LogP contribution in [0.1, 0.15) is 29.5 Å². The summed E-state index contributed by atoms with van der Waals surface area (Å²) in [7, 11) is 3.32. The van der Waals surface area contributed by atoms with E-state index in [-0.39, 0.29) is 11.8 Å². The van der Waals surface area contributed by atoms with Gasteiger partial charge in [0, 0.05) is 36.9 Å². The highest BCUT2D eigenvalue weighted by Crippen LogP contribution is 2.33. The van der Waals surface area contributed by atoms with Crippen LogP contribution in [0.4, 0.5) is 11.4 Å². The lowest BCUT2D eigenvalue weighted by molar-refractivity contribution is -0.137. The molecule has 1 aliphatic rings. The van der Waals surface area contributed by atoms with Crippen LogP contribution < -0.4 is 20.1 Å². The van der Waals surface area contributed by atoms with Crippen molar-refractivity contribution in [1.82, 2.24) is 4.90 Å². The predicted octanol–water partition coefficient (Wildman–Crippen LogP) is 5.04. The molecule has 35 heavy (non-hydrogen) atoms. The van der Waals surface area contributed by atoms with Gasteiger partial charge in [0.25, 0.3) is 0 Å². The Morgan fingerprint density at radius 2 is 1.54 bits per heavy atom. The zero-order valence-electron chi connectivity index (χ0n) is 20.9. The summed E-state index contributed by atoms with van der Waals surface area (Å²) in [4.78, 5) is 18.2. The molecule has 2 N–H and O–H groups in total. The minimum atomic E-state index is -0.0221. The van der Waals surface area contributed by atoms with Gasteiger partial charge in [-0.3, -0.25) is 4.79 Å². The quantitative estimate of drug-likeness (QED) is 0.464. The minimum Gasteiger partial charge on any atom is -0.496 e. The molecule has 0 atom stereocenters. The average molecular weight is 474 g/mol. The lowest BCUT2D eigenvalue weighted by atomic mass is 9.94. The van der Waals surface area contributed by atoms with Crippen molar-refractivity contribution in [2.45, 2.75) is 32.9 Å². The summed E-state index contributed by atoms with van der Waals surface area (Å²) < 4.78 is 11.4. The maximum atomic E-state index is 13.9. The Morgan fingerprint density at radius 3 is 2.11 bits per heavy atom. The molecule has 6 heteroatoms. The molecular formula is C29H35N3O3. The first kappa shape index (κ1) is 24.5. The van der Waals surface area contributed by atoms with Crippen LogP contribution in [0.2, 0.25) is 0 Å². The summed E-state index contributed by atoms with van der Waals surface area (Å²) in [5.74, 6) is 1.64. The molecule has 0 aromatic heterocycles. The Morgan fingerprint density at radius 1 is 0.943 bits per heavy atom. The Labute approximate surface area is 208 Å². The van der Waals surface area contributed by atoms with Crippen LogP contribution in [-0.4, -0.2) is 38.1 Å². The van der Waals surface area contributed by atoms with Crippen molar-refractivity contribution >= 4 is 17.3 Å². The van der Waals surface area contributed by atoms with Crippen LogP contribution in [0.3, 0.4) is 0 Å². The number of hydrogen-bond donors (Lipinski definition) is 1. The topological polar surface area (TPSA) is 68.0 Å². The first-order valence-corrected chi connectivity index (χ1v) is 12.1. The third kappa shape index (κ3) is 5.88. The van der Waals surface area contributed by atoms with Gasteiger partial charge in [0.1, 0.15) is 11.5 Å². The number of nitrogens with zero attached hydrogens (tertiary/aromatic N) is 2. The molecule has 1 amide bonds.